The standard InChI is InChI=1S/C13H13N5OS/c1-9-8-20-13(17-9)11-7-19-3-2-18(11)12-6-15-10(4-14)5-16-12/h5-6,8,11H,2-3,7H2,1H3. The van der Waals surface area contributed by atoms with Crippen LogP contribution in [0.3, 0.4) is 0 Å². The first-order valence-electron chi connectivity index (χ1n) is 6.26. The number of morpholine rings is 1. The van der Waals surface area contributed by atoms with Crippen molar-refractivity contribution >= 4 is 17.2 Å². The molecule has 0 radical (unpaired) electrons. The van der Waals surface area contributed by atoms with Gasteiger partial charge >= 0.3 is 0 Å². The van der Waals surface area contributed by atoms with Gasteiger partial charge in [-0.05, 0) is 6.92 Å². The molecule has 0 bridgehead atoms. The van der Waals surface area contributed by atoms with Crippen molar-refractivity contribution < 1.29 is 4.74 Å². The van der Waals surface area contributed by atoms with Crippen molar-refractivity contribution in [3.8, 4) is 6.07 Å². The highest BCUT2D eigenvalue weighted by Gasteiger charge is 2.28. The van der Waals surface area contributed by atoms with Gasteiger partial charge in [-0.2, -0.15) is 5.26 Å². The Balaban J connectivity index is 1.90. The molecule has 7 heteroatoms. The highest BCUT2D eigenvalue weighted by molar-refractivity contribution is 7.09. The molecule has 0 aromatic carbocycles. The quantitative estimate of drug-likeness (QED) is 0.836. The number of hydrogen-bond acceptors (Lipinski definition) is 7. The summed E-state index contributed by atoms with van der Waals surface area (Å²) in [7, 11) is 0. The van der Waals surface area contributed by atoms with Gasteiger partial charge in [0.2, 0.25) is 0 Å². The van der Waals surface area contributed by atoms with Gasteiger partial charge in [-0.25, -0.2) is 15.0 Å². The summed E-state index contributed by atoms with van der Waals surface area (Å²) in [4.78, 5) is 15.1. The third-order valence-electron chi connectivity index (χ3n) is 3.10. The van der Waals surface area contributed by atoms with Crippen LogP contribution in [0.1, 0.15) is 22.4 Å². The predicted molar refractivity (Wildman–Crippen MR) is 74.5 cm³/mol. The molecule has 1 unspecified atom stereocenters. The molecule has 1 atom stereocenters. The second-order valence-electron chi connectivity index (χ2n) is 4.48. The van der Waals surface area contributed by atoms with Gasteiger partial charge in [0.1, 0.15) is 22.9 Å². The molecule has 6 nitrogen and oxygen atoms in total. The Labute approximate surface area is 120 Å². The zero-order chi connectivity index (χ0) is 13.9. The summed E-state index contributed by atoms with van der Waals surface area (Å²) >= 11 is 1.63. The molecule has 20 heavy (non-hydrogen) atoms. The van der Waals surface area contributed by atoms with Gasteiger partial charge in [0.25, 0.3) is 0 Å². The molecule has 1 aliphatic rings. The summed E-state index contributed by atoms with van der Waals surface area (Å²) in [5, 5.41) is 11.8. The van der Waals surface area contributed by atoms with Crippen molar-refractivity contribution in [2.24, 2.45) is 0 Å². The van der Waals surface area contributed by atoms with E-state index in [2.05, 4.69) is 19.9 Å². The van der Waals surface area contributed by atoms with Crippen LogP contribution in [-0.2, 0) is 4.74 Å². The Kier molecular flexibility index (Phi) is 3.58. The van der Waals surface area contributed by atoms with Gasteiger partial charge in [0.15, 0.2) is 5.69 Å². The van der Waals surface area contributed by atoms with Crippen LogP contribution < -0.4 is 4.90 Å². The molecule has 0 spiro atoms. The van der Waals surface area contributed by atoms with Crippen molar-refractivity contribution in [1.82, 2.24) is 15.0 Å². The summed E-state index contributed by atoms with van der Waals surface area (Å²) in [5.74, 6) is 0.755. The second kappa shape index (κ2) is 5.53. The van der Waals surface area contributed by atoms with Crippen molar-refractivity contribution in [3.63, 3.8) is 0 Å². The van der Waals surface area contributed by atoms with E-state index in [9.17, 15) is 0 Å². The Morgan fingerprint density at radius 3 is 3.00 bits per heavy atom. The molecule has 1 fully saturated rings. The molecular formula is C13H13N5OS. The summed E-state index contributed by atoms with van der Waals surface area (Å²) in [5.41, 5.74) is 1.34. The van der Waals surface area contributed by atoms with E-state index in [0.717, 1.165) is 23.1 Å². The molecule has 3 heterocycles. The zero-order valence-electron chi connectivity index (χ0n) is 11.0. The Morgan fingerprint density at radius 2 is 2.35 bits per heavy atom. The first-order chi connectivity index (χ1) is 9.78. The van der Waals surface area contributed by atoms with E-state index in [1.165, 1.54) is 6.20 Å². The number of nitrogens with zero attached hydrogens (tertiary/aromatic N) is 5. The van der Waals surface area contributed by atoms with Crippen molar-refractivity contribution in [2.45, 2.75) is 13.0 Å². The maximum Gasteiger partial charge on any atom is 0.158 e. The summed E-state index contributed by atoms with van der Waals surface area (Å²) in [6, 6.07) is 2.04. The number of nitriles is 1. The first kappa shape index (κ1) is 13.0. The molecule has 3 rings (SSSR count). The average molecular weight is 287 g/mol. The number of anilines is 1. The van der Waals surface area contributed by atoms with Crippen LogP contribution in [0, 0.1) is 18.3 Å². The number of aryl methyl sites for hydroxylation is 1. The molecule has 1 saturated heterocycles. The Morgan fingerprint density at radius 1 is 1.45 bits per heavy atom. The Hall–Kier alpha value is -2.04. The number of thiazole rings is 1. The van der Waals surface area contributed by atoms with Crippen molar-refractivity contribution in [2.75, 3.05) is 24.7 Å². The molecule has 2 aromatic heterocycles. The third kappa shape index (κ3) is 2.48. The second-order valence-corrected chi connectivity index (χ2v) is 5.37. The maximum atomic E-state index is 8.78. The minimum absolute atomic E-state index is 0.0599. The number of hydrogen-bond donors (Lipinski definition) is 0. The van der Waals surface area contributed by atoms with Crippen LogP contribution in [0.5, 0.6) is 0 Å². The van der Waals surface area contributed by atoms with Gasteiger partial charge in [-0.3, -0.25) is 0 Å². The predicted octanol–water partition coefficient (Wildman–Crippen LogP) is 1.69. The van der Waals surface area contributed by atoms with E-state index in [1.54, 1.807) is 17.5 Å². The minimum Gasteiger partial charge on any atom is -0.377 e. The molecule has 0 saturated carbocycles. The lowest BCUT2D eigenvalue weighted by Crippen LogP contribution is -2.40. The van der Waals surface area contributed by atoms with Crippen molar-refractivity contribution in [1.29, 1.82) is 5.26 Å². The van der Waals surface area contributed by atoms with Crippen LogP contribution in [0.4, 0.5) is 5.82 Å². The largest absolute Gasteiger partial charge is 0.377 e. The number of ether oxygens (including phenoxy) is 1. The highest BCUT2D eigenvalue weighted by Crippen LogP contribution is 2.30. The van der Waals surface area contributed by atoms with Gasteiger partial charge in [0, 0.05) is 17.6 Å². The maximum absolute atomic E-state index is 8.78. The zero-order valence-corrected chi connectivity index (χ0v) is 11.8. The van der Waals surface area contributed by atoms with Crippen LogP contribution in [0.15, 0.2) is 17.8 Å². The minimum atomic E-state index is 0.0599. The molecule has 102 valence electrons. The number of rotatable bonds is 2. The summed E-state index contributed by atoms with van der Waals surface area (Å²) in [6.45, 7) is 3.97. The average Bonchev–Trinajstić information content (AvgIpc) is 2.94. The lowest BCUT2D eigenvalue weighted by molar-refractivity contribution is 0.0936. The molecule has 2 aromatic rings. The normalized spacial score (nSPS) is 18.8. The topological polar surface area (TPSA) is 74.9 Å². The monoisotopic (exact) mass is 287 g/mol. The summed E-state index contributed by atoms with van der Waals surface area (Å²) < 4.78 is 5.57. The third-order valence-corrected chi connectivity index (χ3v) is 4.16. The molecule has 0 amide bonds. The van der Waals surface area contributed by atoms with Gasteiger partial charge < -0.3 is 9.64 Å². The fourth-order valence-corrected chi connectivity index (χ4v) is 3.03. The number of aromatic nitrogens is 3. The van der Waals surface area contributed by atoms with Crippen LogP contribution in [0.25, 0.3) is 0 Å². The van der Waals surface area contributed by atoms with Crippen molar-refractivity contribution in [3.05, 3.63) is 34.2 Å². The Bertz CT molecular complexity index is 633. The fourth-order valence-electron chi connectivity index (χ4n) is 2.13. The smallest absolute Gasteiger partial charge is 0.158 e. The van der Waals surface area contributed by atoms with E-state index in [0.29, 0.717) is 18.9 Å². The van der Waals surface area contributed by atoms with E-state index in [1.807, 2.05) is 18.4 Å². The van der Waals surface area contributed by atoms with E-state index >= 15 is 0 Å². The van der Waals surface area contributed by atoms with Gasteiger partial charge in [-0.15, -0.1) is 11.3 Å². The van der Waals surface area contributed by atoms with Crippen LogP contribution in [-0.4, -0.2) is 34.7 Å². The molecule has 0 aliphatic carbocycles. The van der Waals surface area contributed by atoms with Gasteiger partial charge in [0.05, 0.1) is 25.6 Å². The summed E-state index contributed by atoms with van der Waals surface area (Å²) in [6.07, 6.45) is 3.13. The van der Waals surface area contributed by atoms with Crippen LogP contribution in [0.2, 0.25) is 0 Å². The first-order valence-corrected chi connectivity index (χ1v) is 7.14. The van der Waals surface area contributed by atoms with E-state index in [-0.39, 0.29) is 6.04 Å². The SMILES string of the molecule is Cc1csc(C2COCCN2c2cnc(C#N)cn2)n1. The molecule has 0 N–H and O–H groups in total. The lowest BCUT2D eigenvalue weighted by Gasteiger charge is -2.35. The lowest BCUT2D eigenvalue weighted by atomic mass is 10.2. The fraction of sp³-hybridized carbons (Fsp3) is 0.385. The molecular weight excluding hydrogens is 274 g/mol. The molecule has 1 aliphatic heterocycles. The van der Waals surface area contributed by atoms with Gasteiger partial charge in [-0.1, -0.05) is 0 Å². The highest BCUT2D eigenvalue weighted by atomic mass is 32.1. The van der Waals surface area contributed by atoms with Crippen LogP contribution >= 0.6 is 11.3 Å². The van der Waals surface area contributed by atoms with E-state index < -0.39 is 0 Å². The van der Waals surface area contributed by atoms with E-state index in [4.69, 9.17) is 10.00 Å².